The van der Waals surface area contributed by atoms with Gasteiger partial charge in [-0.05, 0) is 60.2 Å². The molecule has 10 nitrogen and oxygen atoms in total. The van der Waals surface area contributed by atoms with Crippen molar-refractivity contribution in [3.05, 3.63) is 112 Å². The molecule has 0 radical (unpaired) electrons. The van der Waals surface area contributed by atoms with Crippen LogP contribution >= 0.6 is 0 Å². The van der Waals surface area contributed by atoms with Gasteiger partial charge in [-0.25, -0.2) is 4.79 Å². The van der Waals surface area contributed by atoms with Gasteiger partial charge in [0.15, 0.2) is 5.60 Å². The second kappa shape index (κ2) is 10.1. The van der Waals surface area contributed by atoms with Gasteiger partial charge in [0.05, 0.1) is 5.56 Å². The van der Waals surface area contributed by atoms with Crippen LogP contribution in [0, 0.1) is 0 Å². The lowest BCUT2D eigenvalue weighted by Gasteiger charge is -2.37. The van der Waals surface area contributed by atoms with Gasteiger partial charge in [0.25, 0.3) is 5.91 Å². The highest BCUT2D eigenvalue weighted by molar-refractivity contribution is 6.01. The SMILES string of the molecule is CC(=O)Nc1ccc2c(c1)Oc1cc(NC(C)=O)ccc1C21OC(=O)c2ccc(C(=O)NCc3ccc(O)cc3)cc21. The zero-order valence-corrected chi connectivity index (χ0v) is 22.6. The number of aromatic hydroxyl groups is 1. The molecule has 42 heavy (non-hydrogen) atoms. The molecule has 0 saturated carbocycles. The van der Waals surface area contributed by atoms with E-state index in [0.29, 0.717) is 50.7 Å². The lowest BCUT2D eigenvalue weighted by atomic mass is 9.77. The number of amides is 3. The Hall–Kier alpha value is -5.64. The fourth-order valence-corrected chi connectivity index (χ4v) is 5.32. The Labute approximate surface area is 240 Å². The molecule has 0 unspecified atom stereocenters. The van der Waals surface area contributed by atoms with Crippen LogP contribution in [0.5, 0.6) is 17.2 Å². The number of phenolic OH excluding ortho intramolecular Hbond substituents is 1. The Morgan fingerprint density at radius 2 is 1.36 bits per heavy atom. The maximum atomic E-state index is 13.3. The molecule has 0 aliphatic carbocycles. The van der Waals surface area contributed by atoms with Gasteiger partial charge in [-0.2, -0.15) is 0 Å². The highest BCUT2D eigenvalue weighted by Crippen LogP contribution is 2.57. The molecule has 0 saturated heterocycles. The van der Waals surface area contributed by atoms with Crippen molar-refractivity contribution >= 4 is 35.1 Å². The number of phenols is 1. The number of anilines is 2. The lowest BCUT2D eigenvalue weighted by Crippen LogP contribution is -2.33. The first-order valence-electron chi connectivity index (χ1n) is 13.1. The molecule has 6 rings (SSSR count). The fourth-order valence-electron chi connectivity index (χ4n) is 5.32. The third kappa shape index (κ3) is 4.58. The standard InChI is InChI=1S/C32H25N3O7/c1-17(36)34-21-6-11-25-28(14-21)41-29-15-22(35-18(2)37)7-12-26(29)32(25)27-13-20(5-10-24(27)31(40)42-32)30(39)33-16-19-3-8-23(38)9-4-19/h3-15,38H,16H2,1-2H3,(H,33,39)(H,34,36)(H,35,37). The molecule has 4 aromatic carbocycles. The van der Waals surface area contributed by atoms with Crippen molar-refractivity contribution in [2.45, 2.75) is 26.0 Å². The fraction of sp³-hybridized carbons (Fsp3) is 0.125. The summed E-state index contributed by atoms with van der Waals surface area (Å²) in [5, 5.41) is 17.8. The number of carbonyl (C=O) groups is 4. The van der Waals surface area contributed by atoms with Crippen LogP contribution < -0.4 is 20.7 Å². The van der Waals surface area contributed by atoms with Gasteiger partial charge in [-0.1, -0.05) is 12.1 Å². The van der Waals surface area contributed by atoms with Crippen LogP contribution in [-0.2, 0) is 26.5 Å². The van der Waals surface area contributed by atoms with E-state index in [1.807, 2.05) is 0 Å². The number of carbonyl (C=O) groups excluding carboxylic acids is 4. The number of esters is 1. The number of ether oxygens (including phenoxy) is 2. The summed E-state index contributed by atoms with van der Waals surface area (Å²) >= 11 is 0. The van der Waals surface area contributed by atoms with Crippen molar-refractivity contribution < 1.29 is 33.8 Å². The number of nitrogens with one attached hydrogen (secondary N) is 3. The van der Waals surface area contributed by atoms with Crippen molar-refractivity contribution in [3.8, 4) is 17.2 Å². The summed E-state index contributed by atoms with van der Waals surface area (Å²) in [5.41, 5.74) is 2.35. The second-order valence-corrected chi connectivity index (χ2v) is 10.1. The van der Waals surface area contributed by atoms with Crippen LogP contribution in [0.1, 0.15) is 56.8 Å². The summed E-state index contributed by atoms with van der Waals surface area (Å²) in [4.78, 5) is 50.0. The van der Waals surface area contributed by atoms with E-state index >= 15 is 0 Å². The first-order valence-corrected chi connectivity index (χ1v) is 13.1. The average Bonchev–Trinajstić information content (AvgIpc) is 3.23. The molecular formula is C32H25N3O7. The molecule has 1 spiro atoms. The number of hydrogen-bond donors (Lipinski definition) is 4. The quantitative estimate of drug-likeness (QED) is 0.255. The van der Waals surface area contributed by atoms with Crippen LogP contribution in [0.4, 0.5) is 11.4 Å². The molecule has 0 bridgehead atoms. The smallest absolute Gasteiger partial charge is 0.340 e. The lowest BCUT2D eigenvalue weighted by molar-refractivity contribution is -0.115. The Kier molecular flexibility index (Phi) is 6.38. The van der Waals surface area contributed by atoms with Crippen LogP contribution in [-0.4, -0.2) is 28.8 Å². The van der Waals surface area contributed by atoms with Gasteiger partial charge >= 0.3 is 5.97 Å². The first-order chi connectivity index (χ1) is 20.1. The van der Waals surface area contributed by atoms with Gasteiger partial charge in [-0.3, -0.25) is 14.4 Å². The van der Waals surface area contributed by atoms with Gasteiger partial charge in [0.1, 0.15) is 17.2 Å². The number of fused-ring (bicyclic) bond motifs is 6. The molecule has 4 N–H and O–H groups in total. The number of rotatable bonds is 5. The third-order valence-corrected chi connectivity index (χ3v) is 7.10. The van der Waals surface area contributed by atoms with E-state index in [-0.39, 0.29) is 30.0 Å². The zero-order chi connectivity index (χ0) is 29.6. The van der Waals surface area contributed by atoms with E-state index in [2.05, 4.69) is 16.0 Å². The third-order valence-electron chi connectivity index (χ3n) is 7.10. The molecule has 0 aromatic heterocycles. The molecule has 10 heteroatoms. The topological polar surface area (TPSA) is 143 Å². The molecule has 4 aromatic rings. The van der Waals surface area contributed by atoms with Crippen molar-refractivity contribution in [1.82, 2.24) is 5.32 Å². The van der Waals surface area contributed by atoms with E-state index in [9.17, 15) is 24.3 Å². The van der Waals surface area contributed by atoms with E-state index in [1.54, 1.807) is 78.9 Å². The van der Waals surface area contributed by atoms with E-state index < -0.39 is 11.6 Å². The van der Waals surface area contributed by atoms with E-state index in [4.69, 9.17) is 9.47 Å². The maximum Gasteiger partial charge on any atom is 0.340 e. The summed E-state index contributed by atoms with van der Waals surface area (Å²) in [5.74, 6) is -0.687. The minimum Gasteiger partial charge on any atom is -0.508 e. The Balaban J connectivity index is 1.46. The van der Waals surface area contributed by atoms with Crippen molar-refractivity contribution in [2.24, 2.45) is 0 Å². The normalized spacial score (nSPS) is 13.6. The number of hydrogen-bond acceptors (Lipinski definition) is 7. The summed E-state index contributed by atoms with van der Waals surface area (Å²) in [6, 6.07) is 21.3. The molecule has 0 fully saturated rings. The van der Waals surface area contributed by atoms with E-state index in [0.717, 1.165) is 5.56 Å². The van der Waals surface area contributed by atoms with Crippen molar-refractivity contribution in [2.75, 3.05) is 10.6 Å². The highest BCUT2D eigenvalue weighted by Gasteiger charge is 2.53. The molecule has 3 amide bonds. The predicted molar refractivity (Wildman–Crippen MR) is 153 cm³/mol. The summed E-state index contributed by atoms with van der Waals surface area (Å²) < 4.78 is 12.4. The van der Waals surface area contributed by atoms with Gasteiger partial charge in [0, 0.05) is 66.2 Å². The molecule has 2 heterocycles. The Morgan fingerprint density at radius 1 is 0.762 bits per heavy atom. The van der Waals surface area contributed by atoms with Crippen LogP contribution in [0.2, 0.25) is 0 Å². The molecule has 2 aliphatic rings. The predicted octanol–water partition coefficient (Wildman–Crippen LogP) is 4.81. The molecule has 0 atom stereocenters. The Bertz CT molecular complexity index is 1730. The molecular weight excluding hydrogens is 538 g/mol. The van der Waals surface area contributed by atoms with Crippen LogP contribution in [0.15, 0.2) is 78.9 Å². The van der Waals surface area contributed by atoms with Crippen molar-refractivity contribution in [3.63, 3.8) is 0 Å². The molecule has 210 valence electrons. The highest BCUT2D eigenvalue weighted by atomic mass is 16.6. The van der Waals surface area contributed by atoms with E-state index in [1.165, 1.54) is 13.8 Å². The van der Waals surface area contributed by atoms with Gasteiger partial charge in [-0.15, -0.1) is 0 Å². The monoisotopic (exact) mass is 563 g/mol. The zero-order valence-electron chi connectivity index (χ0n) is 22.6. The van der Waals surface area contributed by atoms with Gasteiger partial charge < -0.3 is 30.5 Å². The van der Waals surface area contributed by atoms with Crippen LogP contribution in [0.3, 0.4) is 0 Å². The summed E-state index contributed by atoms with van der Waals surface area (Å²) in [6.45, 7) is 3.01. The maximum absolute atomic E-state index is 13.3. The summed E-state index contributed by atoms with van der Waals surface area (Å²) in [7, 11) is 0. The minimum absolute atomic E-state index is 0.129. The Morgan fingerprint density at radius 3 is 1.93 bits per heavy atom. The largest absolute Gasteiger partial charge is 0.508 e. The first kappa shape index (κ1) is 26.6. The van der Waals surface area contributed by atoms with Gasteiger partial charge in [0.2, 0.25) is 11.8 Å². The van der Waals surface area contributed by atoms with Crippen molar-refractivity contribution in [1.29, 1.82) is 0 Å². The van der Waals surface area contributed by atoms with Crippen LogP contribution in [0.25, 0.3) is 0 Å². The second-order valence-electron chi connectivity index (χ2n) is 10.1. The summed E-state index contributed by atoms with van der Waals surface area (Å²) in [6.07, 6.45) is 0. The average molecular weight is 564 g/mol. The minimum atomic E-state index is -1.47. The number of benzene rings is 4. The molecule has 2 aliphatic heterocycles.